The van der Waals surface area contributed by atoms with E-state index >= 15 is 0 Å². The SMILES string of the molecule is C#C[C@H](CCCCC)N(c1ccccc1)S(C)(=O)=O. The number of para-hydroxylation sites is 1. The van der Waals surface area contributed by atoms with Gasteiger partial charge in [0, 0.05) is 0 Å². The average molecular weight is 279 g/mol. The standard InChI is InChI=1S/C15H21NO2S/c1-4-6-8-11-14(5-2)16(19(3,17)18)15-12-9-7-10-13-15/h2,7,9-10,12-14H,4,6,8,11H2,1,3H3/t14-/m1/s1. The molecule has 19 heavy (non-hydrogen) atoms. The number of unbranched alkanes of at least 4 members (excludes halogenated alkanes) is 2. The molecule has 4 heteroatoms. The van der Waals surface area contributed by atoms with E-state index in [4.69, 9.17) is 6.42 Å². The lowest BCUT2D eigenvalue weighted by Crippen LogP contribution is -2.39. The molecule has 0 aliphatic rings. The maximum atomic E-state index is 12.0. The summed E-state index contributed by atoms with van der Waals surface area (Å²) in [6.45, 7) is 2.11. The van der Waals surface area contributed by atoms with E-state index in [0.717, 1.165) is 19.3 Å². The highest BCUT2D eigenvalue weighted by Gasteiger charge is 2.24. The number of sulfonamides is 1. The fourth-order valence-corrected chi connectivity index (χ4v) is 3.17. The summed E-state index contributed by atoms with van der Waals surface area (Å²) in [6.07, 6.45) is 10.5. The highest BCUT2D eigenvalue weighted by molar-refractivity contribution is 7.92. The van der Waals surface area contributed by atoms with Gasteiger partial charge in [-0.05, 0) is 18.6 Å². The Kier molecular flexibility index (Phi) is 5.91. The normalized spacial score (nSPS) is 12.7. The van der Waals surface area contributed by atoms with E-state index in [2.05, 4.69) is 12.8 Å². The Morgan fingerprint density at radius 2 is 1.89 bits per heavy atom. The van der Waals surface area contributed by atoms with Gasteiger partial charge in [0.05, 0.1) is 11.9 Å². The molecule has 1 aromatic carbocycles. The van der Waals surface area contributed by atoms with Crippen molar-refractivity contribution >= 4 is 15.7 Å². The van der Waals surface area contributed by atoms with Gasteiger partial charge in [0.25, 0.3) is 0 Å². The fraction of sp³-hybridized carbons (Fsp3) is 0.467. The number of anilines is 1. The number of hydrogen-bond acceptors (Lipinski definition) is 2. The van der Waals surface area contributed by atoms with E-state index in [-0.39, 0.29) is 0 Å². The molecule has 0 unspecified atom stereocenters. The van der Waals surface area contributed by atoms with Gasteiger partial charge >= 0.3 is 0 Å². The third kappa shape index (κ3) is 4.60. The zero-order chi connectivity index (χ0) is 14.3. The monoisotopic (exact) mass is 279 g/mol. The maximum absolute atomic E-state index is 12.0. The zero-order valence-corrected chi connectivity index (χ0v) is 12.4. The molecule has 0 radical (unpaired) electrons. The number of nitrogens with zero attached hydrogens (tertiary/aromatic N) is 1. The van der Waals surface area contributed by atoms with Gasteiger partial charge in [-0.1, -0.05) is 50.3 Å². The summed E-state index contributed by atoms with van der Waals surface area (Å²) < 4.78 is 25.3. The van der Waals surface area contributed by atoms with Crippen LogP contribution in [0.4, 0.5) is 5.69 Å². The molecule has 0 heterocycles. The second kappa shape index (κ2) is 7.20. The van der Waals surface area contributed by atoms with Gasteiger partial charge in [0.2, 0.25) is 10.0 Å². The summed E-state index contributed by atoms with van der Waals surface area (Å²) in [6, 6.07) is 8.60. The molecule has 0 saturated heterocycles. The van der Waals surface area contributed by atoms with Crippen LogP contribution >= 0.6 is 0 Å². The van der Waals surface area contributed by atoms with Gasteiger partial charge in [-0.25, -0.2) is 8.42 Å². The van der Waals surface area contributed by atoms with Gasteiger partial charge in [-0.15, -0.1) is 6.42 Å². The number of rotatable bonds is 7. The summed E-state index contributed by atoms with van der Waals surface area (Å²) in [7, 11) is -3.38. The molecule has 0 amide bonds. The van der Waals surface area contributed by atoms with Crippen molar-refractivity contribution < 1.29 is 8.42 Å². The lowest BCUT2D eigenvalue weighted by Gasteiger charge is -2.28. The molecule has 1 atom stereocenters. The van der Waals surface area contributed by atoms with Crippen LogP contribution in [-0.2, 0) is 10.0 Å². The van der Waals surface area contributed by atoms with E-state index in [1.807, 2.05) is 18.2 Å². The van der Waals surface area contributed by atoms with Crippen molar-refractivity contribution in [1.29, 1.82) is 0 Å². The van der Waals surface area contributed by atoms with Crippen molar-refractivity contribution in [3.05, 3.63) is 30.3 Å². The van der Waals surface area contributed by atoms with E-state index in [1.54, 1.807) is 12.1 Å². The summed E-state index contributed by atoms with van der Waals surface area (Å²) in [5, 5.41) is 0. The molecule has 0 aliphatic carbocycles. The second-order valence-corrected chi connectivity index (χ2v) is 6.43. The van der Waals surface area contributed by atoms with Crippen molar-refractivity contribution in [1.82, 2.24) is 0 Å². The molecule has 0 spiro atoms. The number of hydrogen-bond donors (Lipinski definition) is 0. The van der Waals surface area contributed by atoms with Crippen LogP contribution in [0.3, 0.4) is 0 Å². The molecule has 104 valence electrons. The highest BCUT2D eigenvalue weighted by Crippen LogP contribution is 2.22. The molecule has 1 rings (SSSR count). The first-order chi connectivity index (χ1) is 9.00. The molecule has 0 fully saturated rings. The van der Waals surface area contributed by atoms with Crippen molar-refractivity contribution in [2.75, 3.05) is 10.6 Å². The molecule has 1 aromatic rings. The topological polar surface area (TPSA) is 37.4 Å². The van der Waals surface area contributed by atoms with Crippen LogP contribution < -0.4 is 4.31 Å². The molecule has 0 bridgehead atoms. The molecule has 0 N–H and O–H groups in total. The predicted molar refractivity (Wildman–Crippen MR) is 80.5 cm³/mol. The van der Waals surface area contributed by atoms with Gasteiger partial charge < -0.3 is 0 Å². The Morgan fingerprint density at radius 1 is 1.26 bits per heavy atom. The molecule has 0 aromatic heterocycles. The van der Waals surface area contributed by atoms with Crippen LogP contribution in [0.2, 0.25) is 0 Å². The van der Waals surface area contributed by atoms with E-state index in [0.29, 0.717) is 12.1 Å². The van der Waals surface area contributed by atoms with Crippen LogP contribution in [0.5, 0.6) is 0 Å². The molecular weight excluding hydrogens is 258 g/mol. The van der Waals surface area contributed by atoms with Crippen LogP contribution in [0.25, 0.3) is 0 Å². The molecule has 0 saturated carbocycles. The highest BCUT2D eigenvalue weighted by atomic mass is 32.2. The third-order valence-corrected chi connectivity index (χ3v) is 4.10. The van der Waals surface area contributed by atoms with E-state index in [9.17, 15) is 8.42 Å². The smallest absolute Gasteiger partial charge is 0.233 e. The number of benzene rings is 1. The number of terminal acetylenes is 1. The average Bonchev–Trinajstić information content (AvgIpc) is 2.37. The second-order valence-electron chi connectivity index (χ2n) is 4.57. The fourth-order valence-electron chi connectivity index (χ4n) is 2.03. The summed E-state index contributed by atoms with van der Waals surface area (Å²) in [5.74, 6) is 2.61. The first-order valence-electron chi connectivity index (χ1n) is 6.51. The minimum Gasteiger partial charge on any atom is -0.255 e. The quantitative estimate of drug-likeness (QED) is 0.568. The van der Waals surface area contributed by atoms with Crippen LogP contribution in [0.15, 0.2) is 30.3 Å². The Balaban J connectivity index is 3.01. The van der Waals surface area contributed by atoms with Crippen molar-refractivity contribution in [2.45, 2.75) is 38.6 Å². The van der Waals surface area contributed by atoms with Gasteiger partial charge in [0.15, 0.2) is 0 Å². The first kappa shape index (κ1) is 15.6. The van der Waals surface area contributed by atoms with Crippen molar-refractivity contribution in [3.63, 3.8) is 0 Å². The van der Waals surface area contributed by atoms with Crippen LogP contribution in [-0.4, -0.2) is 20.7 Å². The van der Waals surface area contributed by atoms with Crippen molar-refractivity contribution in [3.8, 4) is 12.3 Å². The molecule has 0 aliphatic heterocycles. The lowest BCUT2D eigenvalue weighted by atomic mass is 10.1. The third-order valence-electron chi connectivity index (χ3n) is 2.92. The van der Waals surface area contributed by atoms with Gasteiger partial charge in [-0.3, -0.25) is 4.31 Å². The maximum Gasteiger partial charge on any atom is 0.233 e. The Morgan fingerprint density at radius 3 is 2.37 bits per heavy atom. The van der Waals surface area contributed by atoms with E-state index < -0.39 is 16.1 Å². The Hall–Kier alpha value is -1.47. The van der Waals surface area contributed by atoms with Gasteiger partial charge in [-0.2, -0.15) is 0 Å². The molecular formula is C15H21NO2S. The first-order valence-corrected chi connectivity index (χ1v) is 8.36. The van der Waals surface area contributed by atoms with E-state index in [1.165, 1.54) is 10.6 Å². The molecule has 3 nitrogen and oxygen atoms in total. The Labute approximate surface area is 116 Å². The largest absolute Gasteiger partial charge is 0.255 e. The summed E-state index contributed by atoms with van der Waals surface area (Å²) >= 11 is 0. The van der Waals surface area contributed by atoms with Crippen LogP contribution in [0, 0.1) is 12.3 Å². The summed E-state index contributed by atoms with van der Waals surface area (Å²) in [5.41, 5.74) is 0.629. The Bertz CT molecular complexity index is 517. The lowest BCUT2D eigenvalue weighted by molar-refractivity contribution is 0.578. The zero-order valence-electron chi connectivity index (χ0n) is 11.5. The summed E-state index contributed by atoms with van der Waals surface area (Å²) in [4.78, 5) is 0. The van der Waals surface area contributed by atoms with Gasteiger partial charge in [0.1, 0.15) is 6.04 Å². The minimum atomic E-state index is -3.38. The van der Waals surface area contributed by atoms with Crippen molar-refractivity contribution in [2.24, 2.45) is 0 Å². The minimum absolute atomic E-state index is 0.413. The predicted octanol–water partition coefficient (Wildman–Crippen LogP) is 3.03. The van der Waals surface area contributed by atoms with Crippen LogP contribution in [0.1, 0.15) is 32.6 Å².